The molecule has 1 N–H and O–H groups in total. The zero-order chi connectivity index (χ0) is 53.4. The first-order chi connectivity index (χ1) is 36.6. The van der Waals surface area contributed by atoms with Crippen molar-refractivity contribution >= 4 is 11.9 Å². The average molecular weight is 1050 g/mol. The van der Waals surface area contributed by atoms with Gasteiger partial charge in [0.15, 0.2) is 6.10 Å². The highest BCUT2D eigenvalue weighted by Gasteiger charge is 2.16. The van der Waals surface area contributed by atoms with Gasteiger partial charge < -0.3 is 14.6 Å². The molecular weight excluding hydrogens is 909 g/mol. The highest BCUT2D eigenvalue weighted by atomic mass is 16.6. The van der Waals surface area contributed by atoms with Crippen LogP contribution in [0.5, 0.6) is 0 Å². The smallest absolute Gasteiger partial charge is 0.306 e. The van der Waals surface area contributed by atoms with E-state index in [1.54, 1.807) is 0 Å². The molecule has 0 bridgehead atoms. The SMILES string of the molecule is CCCCCCCCCCCCCCCCCCCCCCCCCCCCCCCCCCCCCCCCCCC(=O)OC(CO)COC(=O)CCCCCCCCCCCCCCCCCCCCCC. The fourth-order valence-corrected chi connectivity index (χ4v) is 11.2. The number of aliphatic hydroxyl groups is 1. The number of ether oxygens (including phenoxy) is 2. The second kappa shape index (κ2) is 66.2. The fourth-order valence-electron chi connectivity index (χ4n) is 11.2. The van der Waals surface area contributed by atoms with E-state index in [9.17, 15) is 14.7 Å². The molecule has 0 spiro atoms. The average Bonchev–Trinajstić information content (AvgIpc) is 3.40. The van der Waals surface area contributed by atoms with Crippen molar-refractivity contribution in [1.82, 2.24) is 0 Å². The number of carbonyl (C=O) groups excluding carboxylic acids is 2. The number of hydrogen-bond donors (Lipinski definition) is 1. The molecule has 5 nitrogen and oxygen atoms in total. The third kappa shape index (κ3) is 63.4. The second-order valence-electron chi connectivity index (χ2n) is 24.0. The third-order valence-electron chi connectivity index (χ3n) is 16.4. The maximum atomic E-state index is 12.3. The van der Waals surface area contributed by atoms with Gasteiger partial charge in [-0.2, -0.15) is 0 Å². The summed E-state index contributed by atoms with van der Waals surface area (Å²) in [7, 11) is 0. The molecule has 0 rings (SSSR count). The third-order valence-corrected chi connectivity index (χ3v) is 16.4. The molecular formula is C69H136O5. The Morgan fingerprint density at radius 3 is 0.595 bits per heavy atom. The molecule has 442 valence electrons. The normalized spacial score (nSPS) is 12.0. The molecule has 1 atom stereocenters. The summed E-state index contributed by atoms with van der Waals surface area (Å²) in [5.41, 5.74) is 0. The van der Waals surface area contributed by atoms with Crippen LogP contribution in [-0.2, 0) is 19.1 Å². The van der Waals surface area contributed by atoms with Crippen molar-refractivity contribution in [2.75, 3.05) is 13.2 Å². The molecule has 5 heteroatoms. The summed E-state index contributed by atoms with van der Waals surface area (Å²) in [5, 5.41) is 9.68. The van der Waals surface area contributed by atoms with E-state index in [2.05, 4.69) is 13.8 Å². The predicted molar refractivity (Wildman–Crippen MR) is 326 cm³/mol. The maximum Gasteiger partial charge on any atom is 0.306 e. The molecule has 0 aliphatic rings. The van der Waals surface area contributed by atoms with Crippen LogP contribution in [0.3, 0.4) is 0 Å². The van der Waals surface area contributed by atoms with E-state index in [1.165, 1.54) is 353 Å². The van der Waals surface area contributed by atoms with Crippen LogP contribution >= 0.6 is 0 Å². The Morgan fingerprint density at radius 2 is 0.419 bits per heavy atom. The van der Waals surface area contributed by atoms with Crippen molar-refractivity contribution < 1.29 is 24.2 Å². The number of carbonyl (C=O) groups is 2. The Morgan fingerprint density at radius 1 is 0.257 bits per heavy atom. The van der Waals surface area contributed by atoms with Crippen LogP contribution in [0.25, 0.3) is 0 Å². The molecule has 0 fully saturated rings. The van der Waals surface area contributed by atoms with Crippen molar-refractivity contribution in [2.24, 2.45) is 0 Å². The van der Waals surface area contributed by atoms with Gasteiger partial charge in [0.1, 0.15) is 6.61 Å². The summed E-state index contributed by atoms with van der Waals surface area (Å²) in [6.45, 7) is 4.22. The maximum absolute atomic E-state index is 12.3. The quantitative estimate of drug-likeness (QED) is 0.0485. The monoisotopic (exact) mass is 1050 g/mol. The first kappa shape index (κ1) is 72.9. The molecule has 0 saturated heterocycles. The highest BCUT2D eigenvalue weighted by molar-refractivity contribution is 5.70. The molecule has 1 unspecified atom stereocenters. The van der Waals surface area contributed by atoms with E-state index < -0.39 is 6.10 Å². The highest BCUT2D eigenvalue weighted by Crippen LogP contribution is 2.20. The van der Waals surface area contributed by atoms with Crippen molar-refractivity contribution in [2.45, 2.75) is 418 Å². The van der Waals surface area contributed by atoms with E-state index in [4.69, 9.17) is 9.47 Å². The number of rotatable bonds is 66. The lowest BCUT2D eigenvalue weighted by atomic mass is 10.0. The lowest BCUT2D eigenvalue weighted by Gasteiger charge is -2.15. The van der Waals surface area contributed by atoms with Crippen molar-refractivity contribution in [3.63, 3.8) is 0 Å². The number of aliphatic hydroxyl groups excluding tert-OH is 1. The van der Waals surface area contributed by atoms with Crippen LogP contribution in [0.4, 0.5) is 0 Å². The minimum atomic E-state index is -0.765. The van der Waals surface area contributed by atoms with E-state index in [1.807, 2.05) is 0 Å². The molecule has 0 aliphatic heterocycles. The molecule has 0 aromatic heterocycles. The summed E-state index contributed by atoms with van der Waals surface area (Å²) in [6.07, 6.45) is 83.0. The van der Waals surface area contributed by atoms with Gasteiger partial charge in [-0.25, -0.2) is 0 Å². The van der Waals surface area contributed by atoms with Gasteiger partial charge in [-0.05, 0) is 12.8 Å². The fraction of sp³-hybridized carbons (Fsp3) is 0.971. The Bertz CT molecular complexity index is 1050. The van der Waals surface area contributed by atoms with Gasteiger partial charge in [-0.1, -0.05) is 386 Å². The Hall–Kier alpha value is -1.10. The Kier molecular flexibility index (Phi) is 65.2. The first-order valence-electron chi connectivity index (χ1n) is 34.6. The van der Waals surface area contributed by atoms with Gasteiger partial charge in [0, 0.05) is 12.8 Å². The lowest BCUT2D eigenvalue weighted by Crippen LogP contribution is -2.28. The van der Waals surface area contributed by atoms with Crippen molar-refractivity contribution in [1.29, 1.82) is 0 Å². The summed E-state index contributed by atoms with van der Waals surface area (Å²) >= 11 is 0. The van der Waals surface area contributed by atoms with E-state index >= 15 is 0 Å². The molecule has 0 amide bonds. The molecule has 0 saturated carbocycles. The van der Waals surface area contributed by atoms with Crippen LogP contribution in [-0.4, -0.2) is 36.4 Å². The first-order valence-corrected chi connectivity index (χ1v) is 34.6. The molecule has 0 aliphatic carbocycles. The number of esters is 2. The zero-order valence-corrected chi connectivity index (χ0v) is 50.9. The lowest BCUT2D eigenvalue weighted by molar-refractivity contribution is -0.161. The van der Waals surface area contributed by atoms with Gasteiger partial charge >= 0.3 is 11.9 Å². The van der Waals surface area contributed by atoms with Gasteiger partial charge in [0.2, 0.25) is 0 Å². The summed E-state index contributed by atoms with van der Waals surface area (Å²) in [5.74, 6) is -0.560. The minimum absolute atomic E-state index is 0.0555. The molecule has 0 radical (unpaired) electrons. The molecule has 0 aromatic rings. The van der Waals surface area contributed by atoms with Crippen LogP contribution in [0.15, 0.2) is 0 Å². The van der Waals surface area contributed by atoms with Crippen LogP contribution in [0, 0.1) is 0 Å². The van der Waals surface area contributed by atoms with Gasteiger partial charge in [0.25, 0.3) is 0 Å². The largest absolute Gasteiger partial charge is 0.462 e. The van der Waals surface area contributed by atoms with Gasteiger partial charge in [-0.3, -0.25) is 9.59 Å². The predicted octanol–water partition coefficient (Wildman–Crippen LogP) is 23.7. The minimum Gasteiger partial charge on any atom is -0.462 e. The Balaban J connectivity index is 3.32. The summed E-state index contributed by atoms with van der Waals surface area (Å²) in [6, 6.07) is 0. The van der Waals surface area contributed by atoms with E-state index in [0.717, 1.165) is 32.1 Å². The number of unbranched alkanes of at least 4 members (excludes halogenated alkanes) is 58. The van der Waals surface area contributed by atoms with Crippen molar-refractivity contribution in [3.8, 4) is 0 Å². The second-order valence-corrected chi connectivity index (χ2v) is 24.0. The van der Waals surface area contributed by atoms with Crippen LogP contribution in [0.1, 0.15) is 412 Å². The Labute approximate surface area is 465 Å². The van der Waals surface area contributed by atoms with Gasteiger partial charge in [0.05, 0.1) is 6.61 Å². The standard InChI is InChI=1S/C69H136O5/c1-3-5-7-9-11-13-15-17-19-21-23-25-26-27-28-29-30-31-32-33-34-35-36-37-38-39-40-41-42-43-44-46-48-50-52-54-56-58-60-62-64-69(72)74-67(65-70)66-73-68(71)63-61-59-57-55-53-51-49-47-45-24-22-20-18-16-14-12-10-8-6-4-2/h67,70H,3-66H2,1-2H3. The summed E-state index contributed by atoms with van der Waals surface area (Å²) < 4.78 is 10.7. The molecule has 0 aromatic carbocycles. The van der Waals surface area contributed by atoms with Crippen LogP contribution in [0.2, 0.25) is 0 Å². The van der Waals surface area contributed by atoms with Crippen LogP contribution < -0.4 is 0 Å². The molecule has 0 heterocycles. The zero-order valence-electron chi connectivity index (χ0n) is 50.9. The summed E-state index contributed by atoms with van der Waals surface area (Å²) in [4.78, 5) is 24.6. The number of hydrogen-bond acceptors (Lipinski definition) is 5. The van der Waals surface area contributed by atoms with E-state index in [-0.39, 0.29) is 25.2 Å². The molecule has 74 heavy (non-hydrogen) atoms. The topological polar surface area (TPSA) is 72.8 Å². The van der Waals surface area contributed by atoms with E-state index in [0.29, 0.717) is 12.8 Å². The van der Waals surface area contributed by atoms with Gasteiger partial charge in [-0.15, -0.1) is 0 Å². The van der Waals surface area contributed by atoms with Crippen molar-refractivity contribution in [3.05, 3.63) is 0 Å².